The van der Waals surface area contributed by atoms with Crippen LogP contribution in [0.5, 0.6) is 0 Å². The van der Waals surface area contributed by atoms with Crippen molar-refractivity contribution in [2.24, 2.45) is 5.92 Å². The molecule has 0 unspecified atom stereocenters. The zero-order chi connectivity index (χ0) is 12.4. The van der Waals surface area contributed by atoms with Gasteiger partial charge in [-0.05, 0) is 36.1 Å². The van der Waals surface area contributed by atoms with Crippen molar-refractivity contribution in [1.29, 1.82) is 0 Å². The van der Waals surface area contributed by atoms with Crippen LogP contribution < -0.4 is 0 Å². The van der Waals surface area contributed by atoms with E-state index in [9.17, 15) is 0 Å². The van der Waals surface area contributed by atoms with E-state index in [-0.39, 0.29) is 0 Å². The molecule has 3 nitrogen and oxygen atoms in total. The van der Waals surface area contributed by atoms with E-state index in [1.165, 1.54) is 12.0 Å². The number of hydrogen-bond acceptors (Lipinski definition) is 3. The van der Waals surface area contributed by atoms with Crippen molar-refractivity contribution in [2.75, 3.05) is 6.54 Å². The van der Waals surface area contributed by atoms with E-state index in [1.807, 2.05) is 30.6 Å². The molecule has 0 saturated carbocycles. The number of aromatic nitrogens is 1. The van der Waals surface area contributed by atoms with Gasteiger partial charge in [-0.3, -0.25) is 9.88 Å². The molecule has 0 bridgehead atoms. The Balaban J connectivity index is 1.79. The average Bonchev–Trinajstić information content (AvgIpc) is 3.01. The maximum absolute atomic E-state index is 5.46. The highest BCUT2D eigenvalue weighted by Gasteiger charge is 2.31. The number of pyridine rings is 1. The largest absolute Gasteiger partial charge is 0.468 e. The van der Waals surface area contributed by atoms with Gasteiger partial charge in [0, 0.05) is 25.0 Å². The van der Waals surface area contributed by atoms with Crippen LogP contribution in [0.15, 0.2) is 47.3 Å². The van der Waals surface area contributed by atoms with Crippen molar-refractivity contribution < 1.29 is 4.42 Å². The second-order valence-corrected chi connectivity index (χ2v) is 5.15. The monoisotopic (exact) mass is 242 g/mol. The highest BCUT2D eigenvalue weighted by molar-refractivity contribution is 5.16. The maximum Gasteiger partial charge on any atom is 0.117 e. The molecule has 0 aromatic carbocycles. The minimum absolute atomic E-state index is 0.471. The van der Waals surface area contributed by atoms with Gasteiger partial charge in [0.15, 0.2) is 0 Å². The number of hydrogen-bond donors (Lipinski definition) is 0. The molecule has 3 heteroatoms. The summed E-state index contributed by atoms with van der Waals surface area (Å²) < 4.78 is 5.46. The third-order valence-corrected chi connectivity index (χ3v) is 3.62. The Kier molecular flexibility index (Phi) is 3.15. The molecule has 1 aliphatic heterocycles. The van der Waals surface area contributed by atoms with Gasteiger partial charge in [-0.2, -0.15) is 0 Å². The van der Waals surface area contributed by atoms with Gasteiger partial charge in [-0.25, -0.2) is 0 Å². The fourth-order valence-corrected chi connectivity index (χ4v) is 2.83. The van der Waals surface area contributed by atoms with Gasteiger partial charge >= 0.3 is 0 Å². The van der Waals surface area contributed by atoms with Gasteiger partial charge in [0.2, 0.25) is 0 Å². The zero-order valence-electron chi connectivity index (χ0n) is 10.6. The number of furan rings is 1. The SMILES string of the molecule is C[C@@H]1C[C@H](c2cccnc2)N(Cc2ccco2)C1. The number of rotatable bonds is 3. The quantitative estimate of drug-likeness (QED) is 0.827. The summed E-state index contributed by atoms with van der Waals surface area (Å²) in [4.78, 5) is 6.72. The van der Waals surface area contributed by atoms with Crippen molar-refractivity contribution in [2.45, 2.75) is 25.9 Å². The van der Waals surface area contributed by atoms with Gasteiger partial charge in [0.05, 0.1) is 12.8 Å². The van der Waals surface area contributed by atoms with Crippen LogP contribution in [0.25, 0.3) is 0 Å². The Morgan fingerprint density at radius 1 is 1.39 bits per heavy atom. The summed E-state index contributed by atoms with van der Waals surface area (Å²) in [7, 11) is 0. The molecule has 1 aliphatic rings. The van der Waals surface area contributed by atoms with E-state index in [0.717, 1.165) is 24.8 Å². The number of nitrogens with zero attached hydrogens (tertiary/aromatic N) is 2. The van der Waals surface area contributed by atoms with E-state index in [2.05, 4.69) is 22.9 Å². The molecule has 2 aromatic heterocycles. The van der Waals surface area contributed by atoms with Crippen molar-refractivity contribution >= 4 is 0 Å². The lowest BCUT2D eigenvalue weighted by molar-refractivity contribution is 0.225. The Morgan fingerprint density at radius 2 is 2.33 bits per heavy atom. The van der Waals surface area contributed by atoms with Crippen molar-refractivity contribution in [3.63, 3.8) is 0 Å². The highest BCUT2D eigenvalue weighted by Crippen LogP contribution is 2.35. The molecule has 94 valence electrons. The van der Waals surface area contributed by atoms with Gasteiger partial charge in [0.25, 0.3) is 0 Å². The summed E-state index contributed by atoms with van der Waals surface area (Å²) in [5.41, 5.74) is 1.31. The lowest BCUT2D eigenvalue weighted by Gasteiger charge is -2.23. The molecule has 18 heavy (non-hydrogen) atoms. The van der Waals surface area contributed by atoms with Crippen LogP contribution >= 0.6 is 0 Å². The predicted octanol–water partition coefficient (Wildman–Crippen LogP) is 3.26. The van der Waals surface area contributed by atoms with Crippen molar-refractivity contribution in [3.8, 4) is 0 Å². The maximum atomic E-state index is 5.46. The van der Waals surface area contributed by atoms with Crippen LogP contribution in [0.3, 0.4) is 0 Å². The predicted molar refractivity (Wildman–Crippen MR) is 69.9 cm³/mol. The van der Waals surface area contributed by atoms with Gasteiger partial charge in [-0.1, -0.05) is 13.0 Å². The molecule has 1 fully saturated rings. The molecule has 1 saturated heterocycles. The van der Waals surface area contributed by atoms with E-state index in [0.29, 0.717) is 6.04 Å². The van der Waals surface area contributed by atoms with Crippen LogP contribution in [-0.4, -0.2) is 16.4 Å². The molecule has 0 radical (unpaired) electrons. The fourth-order valence-electron chi connectivity index (χ4n) is 2.83. The van der Waals surface area contributed by atoms with E-state index >= 15 is 0 Å². The van der Waals surface area contributed by atoms with Crippen LogP contribution in [0.4, 0.5) is 0 Å². The van der Waals surface area contributed by atoms with Gasteiger partial charge < -0.3 is 4.42 Å². The second kappa shape index (κ2) is 4.94. The Morgan fingerprint density at radius 3 is 3.06 bits per heavy atom. The standard InChI is InChI=1S/C15H18N2O/c1-12-8-15(13-4-2-6-16-9-13)17(10-12)11-14-5-3-7-18-14/h2-7,9,12,15H,8,10-11H2,1H3/t12-,15-/m1/s1. The van der Waals surface area contributed by atoms with Crippen LogP contribution in [0.2, 0.25) is 0 Å². The summed E-state index contributed by atoms with van der Waals surface area (Å²) in [5.74, 6) is 1.77. The molecule has 0 spiro atoms. The minimum atomic E-state index is 0.471. The lowest BCUT2D eigenvalue weighted by atomic mass is 10.0. The molecular weight excluding hydrogens is 224 g/mol. The molecule has 0 aliphatic carbocycles. The minimum Gasteiger partial charge on any atom is -0.468 e. The molecule has 2 aromatic rings. The molecular formula is C15H18N2O. The smallest absolute Gasteiger partial charge is 0.117 e. The first-order valence-electron chi connectivity index (χ1n) is 6.49. The molecule has 3 heterocycles. The first kappa shape index (κ1) is 11.5. The Bertz CT molecular complexity index is 480. The fraction of sp³-hybridized carbons (Fsp3) is 0.400. The Hall–Kier alpha value is -1.61. The third-order valence-electron chi connectivity index (χ3n) is 3.62. The van der Waals surface area contributed by atoms with Crippen LogP contribution in [0.1, 0.15) is 30.7 Å². The van der Waals surface area contributed by atoms with Gasteiger partial charge in [0.1, 0.15) is 5.76 Å². The summed E-state index contributed by atoms with van der Waals surface area (Å²) in [6, 6.07) is 8.66. The van der Waals surface area contributed by atoms with Gasteiger partial charge in [-0.15, -0.1) is 0 Å². The summed E-state index contributed by atoms with van der Waals surface area (Å²) in [6.45, 7) is 4.32. The zero-order valence-corrected chi connectivity index (χ0v) is 10.6. The topological polar surface area (TPSA) is 29.3 Å². The second-order valence-electron chi connectivity index (χ2n) is 5.15. The summed E-state index contributed by atoms with van der Waals surface area (Å²) in [6.07, 6.45) is 6.76. The third kappa shape index (κ3) is 2.31. The summed E-state index contributed by atoms with van der Waals surface area (Å²) in [5, 5.41) is 0. The molecule has 0 amide bonds. The first-order valence-corrected chi connectivity index (χ1v) is 6.49. The van der Waals surface area contributed by atoms with Crippen molar-refractivity contribution in [1.82, 2.24) is 9.88 Å². The van der Waals surface area contributed by atoms with Crippen molar-refractivity contribution in [3.05, 3.63) is 54.2 Å². The van der Waals surface area contributed by atoms with Crippen LogP contribution in [0, 0.1) is 5.92 Å². The molecule has 3 rings (SSSR count). The number of likely N-dealkylation sites (tertiary alicyclic amines) is 1. The van der Waals surface area contributed by atoms with Crippen LogP contribution in [-0.2, 0) is 6.54 Å². The highest BCUT2D eigenvalue weighted by atomic mass is 16.3. The Labute approximate surface area is 107 Å². The van der Waals surface area contributed by atoms with E-state index < -0.39 is 0 Å². The molecule has 2 atom stereocenters. The normalized spacial score (nSPS) is 24.5. The average molecular weight is 242 g/mol. The summed E-state index contributed by atoms with van der Waals surface area (Å²) >= 11 is 0. The first-order chi connectivity index (χ1) is 8.83. The van der Waals surface area contributed by atoms with E-state index in [1.54, 1.807) is 6.26 Å². The van der Waals surface area contributed by atoms with E-state index in [4.69, 9.17) is 4.42 Å². The lowest BCUT2D eigenvalue weighted by Crippen LogP contribution is -2.23. The molecule has 0 N–H and O–H groups in total.